The van der Waals surface area contributed by atoms with Crippen molar-refractivity contribution >= 4 is 0 Å². The molecule has 0 spiro atoms. The van der Waals surface area contributed by atoms with Crippen LogP contribution in [0.25, 0.3) is 22.3 Å². The molecule has 0 aromatic heterocycles. The Hall–Kier alpha value is -2.62. The van der Waals surface area contributed by atoms with E-state index in [4.69, 9.17) is 0 Å². The van der Waals surface area contributed by atoms with Crippen LogP contribution in [0.15, 0.2) is 48.5 Å². The molecule has 2 fully saturated rings. The van der Waals surface area contributed by atoms with Crippen molar-refractivity contribution in [3.63, 3.8) is 0 Å². The van der Waals surface area contributed by atoms with Crippen molar-refractivity contribution in [3.05, 3.63) is 82.9 Å². The number of hydrogen-bond donors (Lipinski definition) is 0. The summed E-state index contributed by atoms with van der Waals surface area (Å²) in [5, 5.41) is 0. The average Bonchev–Trinajstić information content (AvgIpc) is 3.02. The molecule has 2 saturated carbocycles. The highest BCUT2D eigenvalue weighted by Gasteiger charge is 2.32. The molecule has 0 N–H and O–H groups in total. The van der Waals surface area contributed by atoms with Gasteiger partial charge in [-0.05, 0) is 97.3 Å². The first-order valence-electron chi connectivity index (χ1n) is 16.5. The molecule has 2 aliphatic carbocycles. The number of halogens is 4. The highest BCUT2D eigenvalue weighted by molar-refractivity contribution is 5.71. The average molecular weight is 579 g/mol. The van der Waals surface area contributed by atoms with Crippen molar-refractivity contribution in [3.8, 4) is 22.3 Å². The molecule has 3 aromatic rings. The first kappa shape index (κ1) is 30.8. The minimum absolute atomic E-state index is 0.0615. The van der Waals surface area contributed by atoms with Gasteiger partial charge in [0.2, 0.25) is 0 Å². The van der Waals surface area contributed by atoms with Crippen LogP contribution in [0.1, 0.15) is 114 Å². The van der Waals surface area contributed by atoms with E-state index in [0.29, 0.717) is 28.7 Å². The fraction of sp³-hybridized carbons (Fsp3) is 0.526. The second-order valence-corrected chi connectivity index (χ2v) is 12.9. The van der Waals surface area contributed by atoms with E-state index in [2.05, 4.69) is 13.8 Å². The van der Waals surface area contributed by atoms with Crippen molar-refractivity contribution in [1.29, 1.82) is 0 Å². The van der Waals surface area contributed by atoms with E-state index >= 15 is 8.78 Å². The van der Waals surface area contributed by atoms with Crippen molar-refractivity contribution in [2.45, 2.75) is 110 Å². The second kappa shape index (κ2) is 14.2. The molecule has 0 atom stereocenters. The predicted octanol–water partition coefficient (Wildman–Crippen LogP) is 12.2. The first-order chi connectivity index (χ1) is 20.4. The van der Waals surface area contributed by atoms with E-state index in [9.17, 15) is 8.78 Å². The van der Waals surface area contributed by atoms with Crippen LogP contribution in [-0.4, -0.2) is 0 Å². The van der Waals surface area contributed by atoms with E-state index in [0.717, 1.165) is 62.7 Å². The summed E-state index contributed by atoms with van der Waals surface area (Å²) in [7, 11) is 0. The summed E-state index contributed by atoms with van der Waals surface area (Å²) in [5.41, 5.74) is 2.27. The minimum Gasteiger partial charge on any atom is -0.203 e. The van der Waals surface area contributed by atoms with Gasteiger partial charge in [0.1, 0.15) is 0 Å². The molecule has 0 amide bonds. The van der Waals surface area contributed by atoms with E-state index < -0.39 is 23.3 Å². The quantitative estimate of drug-likeness (QED) is 0.166. The number of unbranched alkanes of at least 4 members (excludes halogenated alkanes) is 2. The van der Waals surface area contributed by atoms with Gasteiger partial charge in [-0.1, -0.05) is 101 Å². The van der Waals surface area contributed by atoms with Gasteiger partial charge >= 0.3 is 0 Å². The van der Waals surface area contributed by atoms with Gasteiger partial charge in [-0.25, -0.2) is 17.6 Å². The smallest absolute Gasteiger partial charge is 0.166 e. The van der Waals surface area contributed by atoms with Crippen LogP contribution < -0.4 is 0 Å². The molecule has 5 rings (SSSR count). The van der Waals surface area contributed by atoms with Gasteiger partial charge in [-0.15, -0.1) is 0 Å². The van der Waals surface area contributed by atoms with Gasteiger partial charge in [-0.2, -0.15) is 0 Å². The Kier molecular flexibility index (Phi) is 10.4. The van der Waals surface area contributed by atoms with Gasteiger partial charge < -0.3 is 0 Å². The maximum Gasteiger partial charge on any atom is 0.166 e. The molecule has 0 heterocycles. The predicted molar refractivity (Wildman–Crippen MR) is 165 cm³/mol. The van der Waals surface area contributed by atoms with E-state index in [1.165, 1.54) is 38.5 Å². The zero-order chi connectivity index (χ0) is 29.6. The molecule has 0 nitrogen and oxygen atoms in total. The van der Waals surface area contributed by atoms with E-state index in [-0.39, 0.29) is 17.0 Å². The summed E-state index contributed by atoms with van der Waals surface area (Å²) < 4.78 is 60.4. The standard InChI is InChI=1S/C38H46F4/c1-3-5-6-8-31-21-22-32(36(40)35(31)39)29-17-19-30(20-18-29)34-24-23-33(37(41)38(34)42)28-15-13-27(14-16-28)26-11-9-25(7-4-2)10-12-26/h17-28H,3-16H2,1-2H3. The second-order valence-electron chi connectivity index (χ2n) is 12.9. The van der Waals surface area contributed by atoms with Crippen LogP contribution in [-0.2, 0) is 6.42 Å². The Morgan fingerprint density at radius 3 is 1.67 bits per heavy atom. The SMILES string of the molecule is CCCCCc1ccc(-c2ccc(-c3ccc(C4CCC(C5CCC(CCC)CC5)CC4)c(F)c3F)cc2)c(F)c1F. The summed E-state index contributed by atoms with van der Waals surface area (Å²) in [4.78, 5) is 0. The topological polar surface area (TPSA) is 0 Å². The zero-order valence-electron chi connectivity index (χ0n) is 25.3. The molecule has 0 saturated heterocycles. The molecule has 3 aromatic carbocycles. The summed E-state index contributed by atoms with van der Waals surface area (Å²) >= 11 is 0. The monoisotopic (exact) mass is 578 g/mol. The highest BCUT2D eigenvalue weighted by Crippen LogP contribution is 2.45. The van der Waals surface area contributed by atoms with Crippen LogP contribution >= 0.6 is 0 Å². The number of aryl methyl sites for hydroxylation is 1. The van der Waals surface area contributed by atoms with Gasteiger partial charge in [0.05, 0.1) is 0 Å². The lowest BCUT2D eigenvalue weighted by atomic mass is 9.68. The Bertz CT molecular complexity index is 1310. The fourth-order valence-corrected chi connectivity index (χ4v) is 7.76. The molecular weight excluding hydrogens is 532 g/mol. The number of hydrogen-bond acceptors (Lipinski definition) is 0. The zero-order valence-corrected chi connectivity index (χ0v) is 25.3. The summed E-state index contributed by atoms with van der Waals surface area (Å²) in [6.07, 6.45) is 15.4. The highest BCUT2D eigenvalue weighted by atomic mass is 19.2. The van der Waals surface area contributed by atoms with Gasteiger partial charge in [0, 0.05) is 11.1 Å². The molecule has 42 heavy (non-hydrogen) atoms. The van der Waals surface area contributed by atoms with E-state index in [1.807, 2.05) is 0 Å². The fourth-order valence-electron chi connectivity index (χ4n) is 7.76. The van der Waals surface area contributed by atoms with Crippen LogP contribution in [0.3, 0.4) is 0 Å². The molecule has 2 aliphatic rings. The van der Waals surface area contributed by atoms with Gasteiger partial charge in [0.25, 0.3) is 0 Å². The third-order valence-corrected chi connectivity index (χ3v) is 10.3. The van der Waals surface area contributed by atoms with E-state index in [1.54, 1.807) is 48.5 Å². The van der Waals surface area contributed by atoms with Crippen LogP contribution in [0, 0.1) is 41.0 Å². The van der Waals surface area contributed by atoms with Gasteiger partial charge in [0.15, 0.2) is 23.3 Å². The third kappa shape index (κ3) is 6.79. The molecule has 4 heteroatoms. The molecule has 226 valence electrons. The van der Waals surface area contributed by atoms with Gasteiger partial charge in [-0.3, -0.25) is 0 Å². The summed E-state index contributed by atoms with van der Waals surface area (Å²) in [5.74, 6) is -0.736. The minimum atomic E-state index is -0.864. The van der Waals surface area contributed by atoms with Crippen LogP contribution in [0.5, 0.6) is 0 Å². The largest absolute Gasteiger partial charge is 0.203 e. The lowest BCUT2D eigenvalue weighted by molar-refractivity contribution is 0.156. The lowest BCUT2D eigenvalue weighted by Crippen LogP contribution is -2.25. The Labute approximate surface area is 249 Å². The van der Waals surface area contributed by atoms with Crippen LogP contribution in [0.2, 0.25) is 0 Å². The number of rotatable bonds is 10. The molecule has 0 bridgehead atoms. The maximum atomic E-state index is 15.4. The maximum absolute atomic E-state index is 15.4. The third-order valence-electron chi connectivity index (χ3n) is 10.3. The molecule has 0 aliphatic heterocycles. The summed E-state index contributed by atoms with van der Waals surface area (Å²) in [6, 6.07) is 13.3. The van der Waals surface area contributed by atoms with Crippen molar-refractivity contribution in [2.75, 3.05) is 0 Å². The Morgan fingerprint density at radius 1 is 0.548 bits per heavy atom. The van der Waals surface area contributed by atoms with Crippen molar-refractivity contribution < 1.29 is 17.6 Å². The molecule has 0 radical (unpaired) electrons. The molecule has 0 unspecified atom stereocenters. The van der Waals surface area contributed by atoms with Crippen LogP contribution in [0.4, 0.5) is 17.6 Å². The molecular formula is C38H46F4. The number of benzene rings is 3. The summed E-state index contributed by atoms with van der Waals surface area (Å²) in [6.45, 7) is 4.35. The normalized spacial score (nSPS) is 22.8. The lowest BCUT2D eigenvalue weighted by Gasteiger charge is -2.38. The van der Waals surface area contributed by atoms with Crippen molar-refractivity contribution in [2.24, 2.45) is 17.8 Å². The first-order valence-corrected chi connectivity index (χ1v) is 16.5. The Morgan fingerprint density at radius 2 is 1.10 bits per heavy atom. The van der Waals surface area contributed by atoms with Crippen molar-refractivity contribution in [1.82, 2.24) is 0 Å². The Balaban J connectivity index is 1.24.